The molecule has 0 spiro atoms. The van der Waals surface area contributed by atoms with Crippen LogP contribution in [0, 0.1) is 0 Å². The second kappa shape index (κ2) is 7.56. The molecule has 0 saturated carbocycles. The predicted octanol–water partition coefficient (Wildman–Crippen LogP) is 4.78. The number of carbonyl (C=O) groups excluding carboxylic acids is 2. The lowest BCUT2D eigenvalue weighted by atomic mass is 9.95. The van der Waals surface area contributed by atoms with Crippen LogP contribution in [0.3, 0.4) is 0 Å². The lowest BCUT2D eigenvalue weighted by molar-refractivity contribution is -0.132. The number of para-hydroxylation sites is 1. The van der Waals surface area contributed by atoms with Crippen molar-refractivity contribution in [3.63, 3.8) is 0 Å². The van der Waals surface area contributed by atoms with Gasteiger partial charge in [0, 0.05) is 15.7 Å². The van der Waals surface area contributed by atoms with Gasteiger partial charge in [0.2, 0.25) is 0 Å². The molecule has 1 aliphatic heterocycles. The van der Waals surface area contributed by atoms with Crippen LogP contribution < -0.4 is 4.90 Å². The van der Waals surface area contributed by atoms with E-state index in [1.54, 1.807) is 60.7 Å². The second-order valence-corrected chi connectivity index (χ2v) is 7.52. The van der Waals surface area contributed by atoms with Crippen LogP contribution in [-0.4, -0.2) is 21.9 Å². The zero-order valence-corrected chi connectivity index (χ0v) is 16.7. The van der Waals surface area contributed by atoms with Gasteiger partial charge in [-0.15, -0.1) is 0 Å². The number of phenols is 1. The number of aliphatic hydroxyl groups excluding tert-OH is 1. The molecule has 2 N–H and O–H groups in total. The van der Waals surface area contributed by atoms with E-state index in [1.807, 2.05) is 6.07 Å². The molecule has 1 heterocycles. The molecule has 1 saturated heterocycles. The first-order chi connectivity index (χ1) is 14.0. The van der Waals surface area contributed by atoms with E-state index in [0.717, 1.165) is 4.47 Å². The maximum atomic E-state index is 13.0. The number of hydrogen-bond donors (Lipinski definition) is 2. The van der Waals surface area contributed by atoms with Crippen LogP contribution >= 0.6 is 15.9 Å². The molecule has 0 aliphatic carbocycles. The van der Waals surface area contributed by atoms with E-state index >= 15 is 0 Å². The molecule has 6 heteroatoms. The van der Waals surface area contributed by atoms with E-state index in [-0.39, 0.29) is 17.1 Å². The number of halogens is 1. The van der Waals surface area contributed by atoms with Crippen LogP contribution in [0.5, 0.6) is 5.75 Å². The van der Waals surface area contributed by atoms with Gasteiger partial charge in [-0.05, 0) is 42.0 Å². The lowest BCUT2D eigenvalue weighted by Crippen LogP contribution is -2.29. The molecule has 3 aromatic rings. The third-order valence-corrected chi connectivity index (χ3v) is 5.33. The molecule has 5 nitrogen and oxygen atoms in total. The maximum Gasteiger partial charge on any atom is 0.300 e. The molecule has 144 valence electrons. The summed E-state index contributed by atoms with van der Waals surface area (Å²) in [5.74, 6) is -1.65. The summed E-state index contributed by atoms with van der Waals surface area (Å²) in [6.07, 6.45) is 0. The number of aromatic hydroxyl groups is 1. The first-order valence-electron chi connectivity index (χ1n) is 8.88. The van der Waals surface area contributed by atoms with Gasteiger partial charge in [0.15, 0.2) is 0 Å². The Kier molecular flexibility index (Phi) is 4.94. The molecular formula is C23H16BrNO4. The number of carbonyl (C=O) groups is 2. The zero-order chi connectivity index (χ0) is 20.5. The molecule has 0 radical (unpaired) electrons. The van der Waals surface area contributed by atoms with Crippen molar-refractivity contribution in [2.24, 2.45) is 0 Å². The summed E-state index contributed by atoms with van der Waals surface area (Å²) in [5, 5.41) is 20.6. The van der Waals surface area contributed by atoms with Gasteiger partial charge in [0.1, 0.15) is 11.5 Å². The Balaban J connectivity index is 1.94. The summed E-state index contributed by atoms with van der Waals surface area (Å²) in [5.41, 5.74) is 1.59. The molecular weight excluding hydrogens is 434 g/mol. The van der Waals surface area contributed by atoms with E-state index in [2.05, 4.69) is 15.9 Å². The van der Waals surface area contributed by atoms with Crippen molar-refractivity contribution in [2.75, 3.05) is 4.90 Å². The smallest absolute Gasteiger partial charge is 0.300 e. The largest absolute Gasteiger partial charge is 0.508 e. The van der Waals surface area contributed by atoms with Gasteiger partial charge in [-0.1, -0.05) is 58.4 Å². The number of benzene rings is 3. The Hall–Kier alpha value is -3.38. The number of phenolic OH excluding ortho intramolecular Hbond substituents is 1. The highest BCUT2D eigenvalue weighted by Crippen LogP contribution is 2.42. The average molecular weight is 450 g/mol. The summed E-state index contributed by atoms with van der Waals surface area (Å²) >= 11 is 3.34. The third-order valence-electron chi connectivity index (χ3n) is 4.81. The Morgan fingerprint density at radius 1 is 0.862 bits per heavy atom. The first-order valence-corrected chi connectivity index (χ1v) is 9.67. The van der Waals surface area contributed by atoms with Crippen LogP contribution in [0.15, 0.2) is 88.9 Å². The quantitative estimate of drug-likeness (QED) is 0.342. The van der Waals surface area contributed by atoms with Crippen LogP contribution in [-0.2, 0) is 9.59 Å². The van der Waals surface area contributed by atoms with Gasteiger partial charge in [0.05, 0.1) is 11.6 Å². The number of ketones is 1. The molecule has 1 aliphatic rings. The van der Waals surface area contributed by atoms with E-state index in [0.29, 0.717) is 16.8 Å². The molecule has 1 atom stereocenters. The number of rotatable bonds is 3. The summed E-state index contributed by atoms with van der Waals surface area (Å²) in [6, 6.07) is 21.1. The first kappa shape index (κ1) is 19.0. The van der Waals surface area contributed by atoms with Crippen molar-refractivity contribution in [1.29, 1.82) is 0 Å². The van der Waals surface area contributed by atoms with Gasteiger partial charge in [-0.25, -0.2) is 0 Å². The number of amides is 1. The van der Waals surface area contributed by atoms with Crippen molar-refractivity contribution in [3.8, 4) is 5.75 Å². The third kappa shape index (κ3) is 3.43. The van der Waals surface area contributed by atoms with Crippen LogP contribution in [0.25, 0.3) is 5.76 Å². The highest BCUT2D eigenvalue weighted by Gasteiger charge is 2.46. The molecule has 3 aromatic carbocycles. The predicted molar refractivity (Wildman–Crippen MR) is 113 cm³/mol. The van der Waals surface area contributed by atoms with Gasteiger partial charge in [-0.3, -0.25) is 14.5 Å². The summed E-state index contributed by atoms with van der Waals surface area (Å²) in [4.78, 5) is 27.3. The highest BCUT2D eigenvalue weighted by atomic mass is 79.9. The molecule has 1 fully saturated rings. The Morgan fingerprint density at radius 2 is 1.48 bits per heavy atom. The van der Waals surface area contributed by atoms with Crippen LogP contribution in [0.2, 0.25) is 0 Å². The number of aliphatic hydroxyl groups is 1. The monoisotopic (exact) mass is 449 g/mol. The van der Waals surface area contributed by atoms with Crippen molar-refractivity contribution in [3.05, 3.63) is 100 Å². The summed E-state index contributed by atoms with van der Waals surface area (Å²) in [7, 11) is 0. The number of nitrogens with zero attached hydrogens (tertiary/aromatic N) is 1. The van der Waals surface area contributed by atoms with Crippen molar-refractivity contribution in [1.82, 2.24) is 0 Å². The van der Waals surface area contributed by atoms with E-state index < -0.39 is 17.7 Å². The second-order valence-electron chi connectivity index (χ2n) is 6.60. The van der Waals surface area contributed by atoms with Gasteiger partial charge in [-0.2, -0.15) is 0 Å². The van der Waals surface area contributed by atoms with Gasteiger partial charge >= 0.3 is 0 Å². The number of anilines is 1. The maximum absolute atomic E-state index is 13.0. The Labute approximate surface area is 175 Å². The summed E-state index contributed by atoms with van der Waals surface area (Å²) < 4.78 is 0.828. The highest BCUT2D eigenvalue weighted by molar-refractivity contribution is 9.10. The molecule has 0 bridgehead atoms. The van der Waals surface area contributed by atoms with Crippen molar-refractivity contribution < 1.29 is 19.8 Å². The number of hydrogen-bond acceptors (Lipinski definition) is 4. The fraction of sp³-hybridized carbons (Fsp3) is 0.0435. The van der Waals surface area contributed by atoms with Crippen LogP contribution in [0.4, 0.5) is 5.69 Å². The van der Waals surface area contributed by atoms with Crippen molar-refractivity contribution in [2.45, 2.75) is 6.04 Å². The van der Waals surface area contributed by atoms with Crippen LogP contribution in [0.1, 0.15) is 17.2 Å². The SMILES string of the molecule is O=C1C(=O)N(c2ccccc2)[C@H](c2ccc(O)cc2)C1=C(O)c1ccc(Br)cc1. The Morgan fingerprint density at radius 3 is 2.10 bits per heavy atom. The zero-order valence-electron chi connectivity index (χ0n) is 15.1. The minimum absolute atomic E-state index is 0.00636. The van der Waals surface area contributed by atoms with Gasteiger partial charge < -0.3 is 10.2 Å². The molecule has 0 unspecified atom stereocenters. The summed E-state index contributed by atoms with van der Waals surface area (Å²) in [6.45, 7) is 0. The van der Waals surface area contributed by atoms with E-state index in [1.165, 1.54) is 17.0 Å². The fourth-order valence-corrected chi connectivity index (χ4v) is 3.69. The molecule has 1 amide bonds. The lowest BCUT2D eigenvalue weighted by Gasteiger charge is -2.25. The van der Waals surface area contributed by atoms with E-state index in [9.17, 15) is 19.8 Å². The molecule has 29 heavy (non-hydrogen) atoms. The Bertz CT molecular complexity index is 1110. The minimum atomic E-state index is -0.818. The standard InChI is InChI=1S/C23H16BrNO4/c24-16-10-6-15(7-11-16)21(27)19-20(14-8-12-18(26)13-9-14)25(23(29)22(19)28)17-4-2-1-3-5-17/h1-13,20,26-27H/t20-/m1/s1. The fourth-order valence-electron chi connectivity index (χ4n) is 3.42. The normalized spacial score (nSPS) is 18.2. The molecule has 4 rings (SSSR count). The minimum Gasteiger partial charge on any atom is -0.508 e. The topological polar surface area (TPSA) is 77.8 Å². The van der Waals surface area contributed by atoms with Crippen molar-refractivity contribution >= 4 is 39.1 Å². The van der Waals surface area contributed by atoms with E-state index in [4.69, 9.17) is 0 Å². The molecule has 0 aromatic heterocycles. The van der Waals surface area contributed by atoms with Gasteiger partial charge in [0.25, 0.3) is 11.7 Å². The number of Topliss-reactive ketones (excluding diaryl/α,β-unsaturated/α-hetero) is 1. The average Bonchev–Trinajstić information content (AvgIpc) is 3.00.